The zero-order valence-corrected chi connectivity index (χ0v) is 14.4. The highest BCUT2D eigenvalue weighted by Crippen LogP contribution is 2.35. The van der Waals surface area contributed by atoms with Crippen molar-refractivity contribution in [2.24, 2.45) is 0 Å². The molecule has 0 saturated carbocycles. The summed E-state index contributed by atoms with van der Waals surface area (Å²) in [7, 11) is 0. The average molecular weight is 333 g/mol. The second-order valence-electron chi connectivity index (χ2n) is 6.73. The summed E-state index contributed by atoms with van der Waals surface area (Å²) in [6.07, 6.45) is 0. The maximum atomic E-state index is 3.52. The summed E-state index contributed by atoms with van der Waals surface area (Å²) in [6.45, 7) is 0. The van der Waals surface area contributed by atoms with Crippen molar-refractivity contribution in [3.05, 3.63) is 120 Å². The summed E-state index contributed by atoms with van der Waals surface area (Å²) in [5.41, 5.74) is 6.33. The molecule has 0 aliphatic heterocycles. The molecule has 0 fully saturated rings. The third kappa shape index (κ3) is 2.49. The molecule has 0 saturated heterocycles. The molecule has 0 bridgehead atoms. The summed E-state index contributed by atoms with van der Waals surface area (Å²) < 4.78 is 0. The van der Waals surface area contributed by atoms with Crippen LogP contribution in [0.4, 0.5) is 0 Å². The molecule has 1 heteroatoms. The van der Waals surface area contributed by atoms with E-state index in [1.54, 1.807) is 0 Å². The molecule has 0 amide bonds. The van der Waals surface area contributed by atoms with Crippen molar-refractivity contribution in [2.45, 2.75) is 5.92 Å². The van der Waals surface area contributed by atoms with Crippen molar-refractivity contribution in [3.63, 3.8) is 0 Å². The van der Waals surface area contributed by atoms with Crippen molar-refractivity contribution >= 4 is 21.8 Å². The quantitative estimate of drug-likeness (QED) is 0.363. The second-order valence-corrected chi connectivity index (χ2v) is 6.73. The highest BCUT2D eigenvalue weighted by molar-refractivity contribution is 6.07. The van der Waals surface area contributed by atoms with Crippen LogP contribution in [0.5, 0.6) is 0 Å². The molecule has 124 valence electrons. The SMILES string of the molecule is c1ccc(C(c2ccccc2)c2ccc3[nH]c4ccccc4c3c2)cc1. The van der Waals surface area contributed by atoms with Gasteiger partial charge in [0, 0.05) is 27.7 Å². The Morgan fingerprint density at radius 3 is 1.73 bits per heavy atom. The van der Waals surface area contributed by atoms with Crippen molar-refractivity contribution in [1.82, 2.24) is 4.98 Å². The van der Waals surface area contributed by atoms with Gasteiger partial charge in [0.1, 0.15) is 0 Å². The fraction of sp³-hybridized carbons (Fsp3) is 0.0400. The van der Waals surface area contributed by atoms with Crippen LogP contribution < -0.4 is 0 Å². The second kappa shape index (κ2) is 6.20. The summed E-state index contributed by atoms with van der Waals surface area (Å²) in [6, 6.07) is 36.8. The molecule has 1 N–H and O–H groups in total. The van der Waals surface area contributed by atoms with Crippen LogP contribution >= 0.6 is 0 Å². The van der Waals surface area contributed by atoms with E-state index in [4.69, 9.17) is 0 Å². The summed E-state index contributed by atoms with van der Waals surface area (Å²) in [5, 5.41) is 2.57. The lowest BCUT2D eigenvalue weighted by molar-refractivity contribution is 0.980. The molecular formula is C25H19N. The molecule has 0 radical (unpaired) electrons. The minimum Gasteiger partial charge on any atom is -0.355 e. The van der Waals surface area contributed by atoms with Gasteiger partial charge in [0.05, 0.1) is 0 Å². The number of fused-ring (bicyclic) bond motifs is 3. The predicted octanol–water partition coefficient (Wildman–Crippen LogP) is 6.50. The van der Waals surface area contributed by atoms with Gasteiger partial charge in [-0.2, -0.15) is 0 Å². The van der Waals surface area contributed by atoms with Gasteiger partial charge >= 0.3 is 0 Å². The normalized spacial score (nSPS) is 11.4. The summed E-state index contributed by atoms with van der Waals surface area (Å²) in [4.78, 5) is 3.52. The molecule has 4 aromatic carbocycles. The van der Waals surface area contributed by atoms with E-state index in [0.29, 0.717) is 0 Å². The van der Waals surface area contributed by atoms with Crippen LogP contribution in [0.15, 0.2) is 103 Å². The van der Waals surface area contributed by atoms with Crippen LogP contribution in [0, 0.1) is 0 Å². The zero-order valence-electron chi connectivity index (χ0n) is 14.4. The Balaban J connectivity index is 1.75. The number of aromatic amines is 1. The average Bonchev–Trinajstić information content (AvgIpc) is 3.08. The van der Waals surface area contributed by atoms with Crippen LogP contribution in [-0.2, 0) is 0 Å². The number of hydrogen-bond donors (Lipinski definition) is 1. The first kappa shape index (κ1) is 15.0. The van der Waals surface area contributed by atoms with Gasteiger partial charge in [0.25, 0.3) is 0 Å². The Morgan fingerprint density at radius 1 is 0.462 bits per heavy atom. The van der Waals surface area contributed by atoms with E-state index in [1.165, 1.54) is 38.5 Å². The molecule has 1 heterocycles. The minimum atomic E-state index is 0.232. The number of aromatic nitrogens is 1. The van der Waals surface area contributed by atoms with Crippen molar-refractivity contribution < 1.29 is 0 Å². The van der Waals surface area contributed by atoms with E-state index >= 15 is 0 Å². The van der Waals surface area contributed by atoms with E-state index in [-0.39, 0.29) is 5.92 Å². The fourth-order valence-corrected chi connectivity index (χ4v) is 3.91. The van der Waals surface area contributed by atoms with Gasteiger partial charge in [-0.1, -0.05) is 84.9 Å². The van der Waals surface area contributed by atoms with Crippen LogP contribution in [0.25, 0.3) is 21.8 Å². The Labute approximate surface area is 152 Å². The van der Waals surface area contributed by atoms with E-state index < -0.39 is 0 Å². The van der Waals surface area contributed by atoms with Gasteiger partial charge < -0.3 is 4.98 Å². The standard InChI is InChI=1S/C25H19N/c1-3-9-18(10-4-1)25(19-11-5-2-6-12-19)20-15-16-24-22(17-20)21-13-7-8-14-23(21)26-24/h1-17,25-26H. The smallest absolute Gasteiger partial charge is 0.0465 e. The maximum Gasteiger partial charge on any atom is 0.0465 e. The molecule has 0 aliphatic rings. The molecule has 0 spiro atoms. The van der Waals surface area contributed by atoms with Gasteiger partial charge in [-0.25, -0.2) is 0 Å². The zero-order chi connectivity index (χ0) is 17.3. The third-order valence-electron chi connectivity index (χ3n) is 5.13. The van der Waals surface area contributed by atoms with Gasteiger partial charge in [0.2, 0.25) is 0 Å². The number of H-pyrrole nitrogens is 1. The predicted molar refractivity (Wildman–Crippen MR) is 110 cm³/mol. The maximum absolute atomic E-state index is 3.52. The Morgan fingerprint density at radius 2 is 1.04 bits per heavy atom. The molecule has 5 aromatic rings. The van der Waals surface area contributed by atoms with Crippen molar-refractivity contribution in [1.29, 1.82) is 0 Å². The fourth-order valence-electron chi connectivity index (χ4n) is 3.91. The first-order chi connectivity index (χ1) is 12.9. The highest BCUT2D eigenvalue weighted by Gasteiger charge is 2.17. The lowest BCUT2D eigenvalue weighted by Gasteiger charge is -2.19. The van der Waals surface area contributed by atoms with Crippen LogP contribution in [-0.4, -0.2) is 4.98 Å². The molecule has 1 aromatic heterocycles. The van der Waals surface area contributed by atoms with Gasteiger partial charge in [-0.15, -0.1) is 0 Å². The van der Waals surface area contributed by atoms with E-state index in [0.717, 1.165) is 0 Å². The van der Waals surface area contributed by atoms with Gasteiger partial charge in [-0.05, 0) is 34.9 Å². The Hall–Kier alpha value is -3.32. The summed E-state index contributed by atoms with van der Waals surface area (Å²) >= 11 is 0. The lowest BCUT2D eigenvalue weighted by atomic mass is 9.85. The molecule has 1 nitrogen and oxygen atoms in total. The van der Waals surface area contributed by atoms with Crippen LogP contribution in [0.2, 0.25) is 0 Å². The molecule has 0 atom stereocenters. The monoisotopic (exact) mass is 333 g/mol. The third-order valence-corrected chi connectivity index (χ3v) is 5.13. The number of para-hydroxylation sites is 1. The highest BCUT2D eigenvalue weighted by atomic mass is 14.7. The minimum absolute atomic E-state index is 0.232. The van der Waals surface area contributed by atoms with Gasteiger partial charge in [0.15, 0.2) is 0 Å². The number of benzene rings is 4. The number of rotatable bonds is 3. The first-order valence-electron chi connectivity index (χ1n) is 9.00. The summed E-state index contributed by atoms with van der Waals surface area (Å²) in [5.74, 6) is 0.232. The molecule has 26 heavy (non-hydrogen) atoms. The van der Waals surface area contributed by atoms with Crippen molar-refractivity contribution in [3.8, 4) is 0 Å². The van der Waals surface area contributed by atoms with E-state index in [9.17, 15) is 0 Å². The first-order valence-corrected chi connectivity index (χ1v) is 9.00. The van der Waals surface area contributed by atoms with Crippen LogP contribution in [0.1, 0.15) is 22.6 Å². The molecule has 5 rings (SSSR count). The number of nitrogens with one attached hydrogen (secondary N) is 1. The lowest BCUT2D eigenvalue weighted by Crippen LogP contribution is -2.03. The molecule has 0 aliphatic carbocycles. The number of hydrogen-bond acceptors (Lipinski definition) is 0. The van der Waals surface area contributed by atoms with Gasteiger partial charge in [-0.3, -0.25) is 0 Å². The Kier molecular flexibility index (Phi) is 3.57. The molecular weight excluding hydrogens is 314 g/mol. The van der Waals surface area contributed by atoms with Crippen LogP contribution in [0.3, 0.4) is 0 Å². The Bertz CT molecular complexity index is 1130. The molecule has 0 unspecified atom stereocenters. The van der Waals surface area contributed by atoms with Crippen molar-refractivity contribution in [2.75, 3.05) is 0 Å². The van der Waals surface area contributed by atoms with E-state index in [1.807, 2.05) is 0 Å². The van der Waals surface area contributed by atoms with E-state index in [2.05, 4.69) is 108 Å². The largest absolute Gasteiger partial charge is 0.355 e. The topological polar surface area (TPSA) is 15.8 Å².